The topological polar surface area (TPSA) is 38.1 Å². The normalized spacial score (nSPS) is 14.4. The Bertz CT molecular complexity index is 478. The van der Waals surface area contributed by atoms with Crippen molar-refractivity contribution in [2.75, 3.05) is 0 Å². The molecule has 1 aromatic carbocycles. The van der Waals surface area contributed by atoms with Crippen LogP contribution in [-0.4, -0.2) is 4.98 Å². The van der Waals surface area contributed by atoms with Crippen molar-refractivity contribution in [3.8, 4) is 0 Å². The highest BCUT2D eigenvalue weighted by Gasteiger charge is 2.16. The lowest BCUT2D eigenvalue weighted by atomic mass is 10.0. The van der Waals surface area contributed by atoms with Crippen molar-refractivity contribution < 1.29 is 4.42 Å². The van der Waals surface area contributed by atoms with Gasteiger partial charge in [-0.1, -0.05) is 37.3 Å². The van der Waals surface area contributed by atoms with Gasteiger partial charge in [-0.3, -0.25) is 5.32 Å². The summed E-state index contributed by atoms with van der Waals surface area (Å²) >= 11 is 0. The molecule has 0 radical (unpaired) electrons. The molecule has 2 atom stereocenters. The molecule has 1 N–H and O–H groups in total. The van der Waals surface area contributed by atoms with Crippen LogP contribution < -0.4 is 5.32 Å². The van der Waals surface area contributed by atoms with Gasteiger partial charge in [-0.15, -0.1) is 0 Å². The van der Waals surface area contributed by atoms with Gasteiger partial charge < -0.3 is 4.42 Å². The Hall–Kier alpha value is -1.61. The summed E-state index contributed by atoms with van der Waals surface area (Å²) in [6.07, 6.45) is 2.80. The Morgan fingerprint density at radius 3 is 2.56 bits per heavy atom. The van der Waals surface area contributed by atoms with Gasteiger partial charge in [0.05, 0.1) is 12.2 Å². The fourth-order valence-electron chi connectivity index (χ4n) is 2.08. The van der Waals surface area contributed by atoms with Crippen molar-refractivity contribution >= 4 is 0 Å². The van der Waals surface area contributed by atoms with Crippen molar-refractivity contribution in [1.82, 2.24) is 10.3 Å². The van der Waals surface area contributed by atoms with Gasteiger partial charge in [0.25, 0.3) is 0 Å². The van der Waals surface area contributed by atoms with Gasteiger partial charge in [0.1, 0.15) is 5.76 Å². The molecule has 0 bridgehead atoms. The Labute approximate surface area is 108 Å². The molecular formula is C15H20N2O. The quantitative estimate of drug-likeness (QED) is 0.869. The number of nitrogens with one attached hydrogen (secondary N) is 1. The zero-order valence-electron chi connectivity index (χ0n) is 11.2. The van der Waals surface area contributed by atoms with E-state index in [1.165, 1.54) is 5.56 Å². The number of nitrogens with zero attached hydrogens (tertiary/aromatic N) is 1. The van der Waals surface area contributed by atoms with Gasteiger partial charge in [0.15, 0.2) is 0 Å². The molecule has 1 aromatic heterocycles. The van der Waals surface area contributed by atoms with Gasteiger partial charge in [-0.2, -0.15) is 0 Å². The Morgan fingerprint density at radius 1 is 1.28 bits per heavy atom. The predicted molar refractivity (Wildman–Crippen MR) is 72.3 cm³/mol. The Kier molecular flexibility index (Phi) is 4.15. The first-order valence-corrected chi connectivity index (χ1v) is 6.44. The van der Waals surface area contributed by atoms with Gasteiger partial charge in [0, 0.05) is 6.04 Å². The molecule has 0 aliphatic rings. The van der Waals surface area contributed by atoms with Crippen molar-refractivity contribution in [3.63, 3.8) is 0 Å². The van der Waals surface area contributed by atoms with Gasteiger partial charge in [-0.05, 0) is 25.8 Å². The van der Waals surface area contributed by atoms with E-state index in [0.717, 1.165) is 18.1 Å². The maximum atomic E-state index is 5.55. The second kappa shape index (κ2) is 5.83. The minimum atomic E-state index is 0.115. The van der Waals surface area contributed by atoms with Crippen LogP contribution in [0.25, 0.3) is 0 Å². The first-order chi connectivity index (χ1) is 8.70. The summed E-state index contributed by atoms with van der Waals surface area (Å²) in [5, 5.41) is 3.56. The molecular weight excluding hydrogens is 224 g/mol. The first kappa shape index (κ1) is 12.8. The van der Waals surface area contributed by atoms with E-state index >= 15 is 0 Å². The number of hydrogen-bond donors (Lipinski definition) is 1. The average Bonchev–Trinajstić information content (AvgIpc) is 2.83. The SMILES string of the molecule is CCC(NC(C)c1ncc(C)o1)c1ccccc1. The lowest BCUT2D eigenvalue weighted by Gasteiger charge is -2.20. The average molecular weight is 244 g/mol. The Morgan fingerprint density at radius 2 is 2.00 bits per heavy atom. The summed E-state index contributed by atoms with van der Waals surface area (Å²) in [5.74, 6) is 1.60. The zero-order chi connectivity index (χ0) is 13.0. The van der Waals surface area contributed by atoms with E-state index in [1.807, 2.05) is 13.0 Å². The molecule has 0 aliphatic carbocycles. The maximum Gasteiger partial charge on any atom is 0.211 e. The molecule has 0 amide bonds. The van der Waals surface area contributed by atoms with Crippen LogP contribution >= 0.6 is 0 Å². The standard InChI is InChI=1S/C15H20N2O/c1-4-14(13-8-6-5-7-9-13)17-12(3)15-16-10-11(2)18-15/h5-10,12,14,17H,4H2,1-3H3. The largest absolute Gasteiger partial charge is 0.444 e. The molecule has 3 heteroatoms. The van der Waals surface area contributed by atoms with Crippen molar-refractivity contribution in [2.24, 2.45) is 0 Å². The molecule has 2 unspecified atom stereocenters. The second-order valence-electron chi connectivity index (χ2n) is 4.57. The third-order valence-electron chi connectivity index (χ3n) is 3.07. The predicted octanol–water partition coefficient (Wildman–Crippen LogP) is 3.78. The van der Waals surface area contributed by atoms with Crippen molar-refractivity contribution in [2.45, 2.75) is 39.3 Å². The van der Waals surface area contributed by atoms with Gasteiger partial charge in [-0.25, -0.2) is 4.98 Å². The minimum absolute atomic E-state index is 0.115. The molecule has 1 heterocycles. The molecule has 2 rings (SSSR count). The highest BCUT2D eigenvalue weighted by molar-refractivity contribution is 5.19. The first-order valence-electron chi connectivity index (χ1n) is 6.44. The van der Waals surface area contributed by atoms with Gasteiger partial charge >= 0.3 is 0 Å². The van der Waals surface area contributed by atoms with Crippen LogP contribution in [0.4, 0.5) is 0 Å². The highest BCUT2D eigenvalue weighted by Crippen LogP contribution is 2.21. The lowest BCUT2D eigenvalue weighted by Crippen LogP contribution is -2.24. The molecule has 0 spiro atoms. The zero-order valence-corrected chi connectivity index (χ0v) is 11.2. The van der Waals surface area contributed by atoms with E-state index in [2.05, 4.69) is 48.4 Å². The fourth-order valence-corrected chi connectivity index (χ4v) is 2.08. The molecule has 2 aromatic rings. The highest BCUT2D eigenvalue weighted by atomic mass is 16.4. The van der Waals surface area contributed by atoms with E-state index in [4.69, 9.17) is 4.42 Å². The fraction of sp³-hybridized carbons (Fsp3) is 0.400. The number of hydrogen-bond acceptors (Lipinski definition) is 3. The van der Waals surface area contributed by atoms with Crippen LogP contribution in [0.15, 0.2) is 40.9 Å². The summed E-state index contributed by atoms with van der Waals surface area (Å²) in [5.41, 5.74) is 1.30. The van der Waals surface area contributed by atoms with E-state index in [-0.39, 0.29) is 6.04 Å². The molecule has 3 nitrogen and oxygen atoms in total. The molecule has 96 valence electrons. The van der Waals surface area contributed by atoms with E-state index < -0.39 is 0 Å². The number of oxazole rings is 1. The molecule has 0 aliphatic heterocycles. The van der Waals surface area contributed by atoms with E-state index in [1.54, 1.807) is 6.20 Å². The lowest BCUT2D eigenvalue weighted by molar-refractivity contribution is 0.367. The monoisotopic (exact) mass is 244 g/mol. The smallest absolute Gasteiger partial charge is 0.211 e. The molecule has 0 saturated heterocycles. The van der Waals surface area contributed by atoms with E-state index in [9.17, 15) is 0 Å². The van der Waals surface area contributed by atoms with Crippen molar-refractivity contribution in [1.29, 1.82) is 0 Å². The maximum absolute atomic E-state index is 5.55. The van der Waals surface area contributed by atoms with Crippen LogP contribution in [0, 0.1) is 6.92 Å². The van der Waals surface area contributed by atoms with Crippen LogP contribution in [0.5, 0.6) is 0 Å². The third-order valence-corrected chi connectivity index (χ3v) is 3.07. The van der Waals surface area contributed by atoms with Crippen LogP contribution in [0.3, 0.4) is 0 Å². The third kappa shape index (κ3) is 2.99. The summed E-state index contributed by atoms with van der Waals surface area (Å²) in [6.45, 7) is 6.17. The summed E-state index contributed by atoms with van der Waals surface area (Å²) < 4.78 is 5.55. The Balaban J connectivity index is 2.07. The number of rotatable bonds is 5. The number of benzene rings is 1. The van der Waals surface area contributed by atoms with Crippen LogP contribution in [-0.2, 0) is 0 Å². The van der Waals surface area contributed by atoms with Crippen molar-refractivity contribution in [3.05, 3.63) is 53.7 Å². The number of aromatic nitrogens is 1. The second-order valence-corrected chi connectivity index (χ2v) is 4.57. The summed E-state index contributed by atoms with van der Waals surface area (Å²) in [4.78, 5) is 4.27. The summed E-state index contributed by atoms with van der Waals surface area (Å²) in [7, 11) is 0. The number of aryl methyl sites for hydroxylation is 1. The summed E-state index contributed by atoms with van der Waals surface area (Å²) in [6, 6.07) is 10.9. The molecule has 18 heavy (non-hydrogen) atoms. The molecule has 0 saturated carbocycles. The molecule has 0 fully saturated rings. The van der Waals surface area contributed by atoms with Gasteiger partial charge in [0.2, 0.25) is 5.89 Å². The van der Waals surface area contributed by atoms with Crippen LogP contribution in [0.2, 0.25) is 0 Å². The minimum Gasteiger partial charge on any atom is -0.444 e. The van der Waals surface area contributed by atoms with Crippen LogP contribution in [0.1, 0.15) is 49.6 Å². The van der Waals surface area contributed by atoms with E-state index in [0.29, 0.717) is 6.04 Å².